The Balaban J connectivity index is 1.84. The van der Waals surface area contributed by atoms with E-state index in [1.165, 1.54) is 0 Å². The van der Waals surface area contributed by atoms with Gasteiger partial charge in [0.05, 0.1) is 0 Å². The van der Waals surface area contributed by atoms with Crippen molar-refractivity contribution in [1.82, 2.24) is 10.6 Å². The number of aliphatic hydroxyl groups excluding tert-OH is 4. The molecule has 0 saturated carbocycles. The largest absolute Gasteiger partial charge is 0.387 e. The maximum Gasteiger partial charge on any atom is 0.251 e. The van der Waals surface area contributed by atoms with Crippen molar-refractivity contribution in [3.05, 3.63) is 71.8 Å². The van der Waals surface area contributed by atoms with E-state index >= 15 is 0 Å². The molecular weight excluding hydrogens is 412 g/mol. The Morgan fingerprint density at radius 1 is 0.656 bits per heavy atom. The predicted octanol–water partition coefficient (Wildman–Crippen LogP) is -0.0752. The van der Waals surface area contributed by atoms with Crippen LogP contribution in [0.3, 0.4) is 0 Å². The second-order valence-corrected chi connectivity index (χ2v) is 8.07. The van der Waals surface area contributed by atoms with Crippen molar-refractivity contribution in [3.63, 3.8) is 0 Å². The van der Waals surface area contributed by atoms with E-state index in [9.17, 15) is 30.0 Å². The molecule has 0 bridgehead atoms. The zero-order chi connectivity index (χ0) is 23.7. The maximum atomic E-state index is 12.2. The number of aliphatic hydroxyl groups is 4. The second-order valence-electron chi connectivity index (χ2n) is 8.07. The molecule has 2 amide bonds. The average Bonchev–Trinajstić information content (AvgIpc) is 2.78. The van der Waals surface area contributed by atoms with Crippen molar-refractivity contribution in [1.29, 1.82) is 0 Å². The molecule has 2 rings (SSSR count). The molecule has 0 aliphatic carbocycles. The first-order valence-electron chi connectivity index (χ1n) is 10.6. The van der Waals surface area contributed by atoms with Crippen LogP contribution in [-0.2, 0) is 22.4 Å². The standard InChI is InChI=1S/C24H32N2O6/c1-15(13-17-9-5-3-6-10-17)25-23(31)21(29)19(27)20(28)22(30)24(32)26-16(2)14-18-11-7-4-8-12-18/h3-12,15-16,19-22,27-30H,13-14H2,1-2H3,(H,25,31)(H,26,32)/t15-,16-,19+,20?,21-,22?/m0/s1. The van der Waals surface area contributed by atoms with E-state index in [1.54, 1.807) is 13.8 Å². The van der Waals surface area contributed by atoms with Crippen LogP contribution in [0, 0.1) is 0 Å². The van der Waals surface area contributed by atoms with E-state index in [2.05, 4.69) is 10.6 Å². The molecule has 0 aliphatic heterocycles. The lowest BCUT2D eigenvalue weighted by Gasteiger charge is -2.27. The highest BCUT2D eigenvalue weighted by Gasteiger charge is 2.37. The van der Waals surface area contributed by atoms with E-state index in [-0.39, 0.29) is 12.1 Å². The van der Waals surface area contributed by atoms with Gasteiger partial charge in [-0.05, 0) is 37.8 Å². The Morgan fingerprint density at radius 3 is 1.28 bits per heavy atom. The molecule has 0 fully saturated rings. The van der Waals surface area contributed by atoms with Gasteiger partial charge in [0.1, 0.15) is 12.2 Å². The molecule has 8 heteroatoms. The van der Waals surface area contributed by atoms with Gasteiger partial charge in [-0.3, -0.25) is 9.59 Å². The van der Waals surface area contributed by atoms with Crippen LogP contribution >= 0.6 is 0 Å². The lowest BCUT2D eigenvalue weighted by atomic mass is 10.0. The van der Waals surface area contributed by atoms with Gasteiger partial charge in [0.2, 0.25) is 0 Å². The van der Waals surface area contributed by atoms with E-state index in [0.29, 0.717) is 12.8 Å². The molecule has 8 nitrogen and oxygen atoms in total. The Bertz CT molecular complexity index is 777. The first kappa shape index (κ1) is 25.5. The molecule has 174 valence electrons. The van der Waals surface area contributed by atoms with Crippen LogP contribution in [0.5, 0.6) is 0 Å². The molecule has 2 unspecified atom stereocenters. The number of rotatable bonds is 11. The Kier molecular flexibility index (Phi) is 9.80. The summed E-state index contributed by atoms with van der Waals surface area (Å²) in [5.41, 5.74) is 1.96. The number of benzene rings is 2. The van der Waals surface area contributed by atoms with E-state index in [1.807, 2.05) is 60.7 Å². The number of carbonyl (C=O) groups is 2. The quantitative estimate of drug-likeness (QED) is 0.287. The molecule has 6 N–H and O–H groups in total. The molecule has 32 heavy (non-hydrogen) atoms. The molecule has 2 aromatic carbocycles. The van der Waals surface area contributed by atoms with Gasteiger partial charge >= 0.3 is 0 Å². The minimum absolute atomic E-state index is 0.351. The van der Waals surface area contributed by atoms with Crippen molar-refractivity contribution in [3.8, 4) is 0 Å². The summed E-state index contributed by atoms with van der Waals surface area (Å²) >= 11 is 0. The number of hydrogen-bond donors (Lipinski definition) is 6. The topological polar surface area (TPSA) is 139 Å². The van der Waals surface area contributed by atoms with Crippen LogP contribution in [0.25, 0.3) is 0 Å². The van der Waals surface area contributed by atoms with Gasteiger partial charge in [-0.15, -0.1) is 0 Å². The number of carbonyl (C=O) groups excluding carboxylic acids is 2. The van der Waals surface area contributed by atoms with Gasteiger partial charge in [0, 0.05) is 12.1 Å². The Morgan fingerprint density at radius 2 is 0.969 bits per heavy atom. The molecule has 0 aromatic heterocycles. The van der Waals surface area contributed by atoms with Crippen LogP contribution in [0.2, 0.25) is 0 Å². The summed E-state index contributed by atoms with van der Waals surface area (Å²) in [5.74, 6) is -1.82. The summed E-state index contributed by atoms with van der Waals surface area (Å²) in [6.07, 6.45) is -7.14. The maximum absolute atomic E-state index is 12.2. The van der Waals surface area contributed by atoms with Gasteiger partial charge in [-0.1, -0.05) is 60.7 Å². The molecule has 0 heterocycles. The molecule has 0 saturated heterocycles. The van der Waals surface area contributed by atoms with E-state index < -0.39 is 36.2 Å². The third-order valence-electron chi connectivity index (χ3n) is 5.08. The van der Waals surface area contributed by atoms with Crippen LogP contribution in [0.15, 0.2) is 60.7 Å². The molecule has 0 spiro atoms. The fourth-order valence-electron chi connectivity index (χ4n) is 3.38. The lowest BCUT2D eigenvalue weighted by Crippen LogP contribution is -2.56. The van der Waals surface area contributed by atoms with Crippen molar-refractivity contribution in [2.45, 2.75) is 63.2 Å². The van der Waals surface area contributed by atoms with Gasteiger partial charge in [-0.25, -0.2) is 0 Å². The summed E-state index contributed by atoms with van der Waals surface area (Å²) in [5, 5.41) is 45.6. The minimum Gasteiger partial charge on any atom is -0.387 e. The zero-order valence-electron chi connectivity index (χ0n) is 18.3. The van der Waals surface area contributed by atoms with Crippen LogP contribution in [0.4, 0.5) is 0 Å². The fraction of sp³-hybridized carbons (Fsp3) is 0.417. The summed E-state index contributed by atoms with van der Waals surface area (Å²) in [4.78, 5) is 24.5. The second kappa shape index (κ2) is 12.3. The number of hydrogen-bond acceptors (Lipinski definition) is 6. The number of amides is 2. The highest BCUT2D eigenvalue weighted by atomic mass is 16.4. The van der Waals surface area contributed by atoms with Gasteiger partial charge < -0.3 is 31.1 Å². The Labute approximate surface area is 187 Å². The molecular formula is C24H32N2O6. The third-order valence-corrected chi connectivity index (χ3v) is 5.08. The van der Waals surface area contributed by atoms with Crippen LogP contribution < -0.4 is 10.6 Å². The van der Waals surface area contributed by atoms with E-state index in [0.717, 1.165) is 11.1 Å². The monoisotopic (exact) mass is 444 g/mol. The smallest absolute Gasteiger partial charge is 0.251 e. The first-order valence-corrected chi connectivity index (χ1v) is 10.6. The highest BCUT2D eigenvalue weighted by Crippen LogP contribution is 2.09. The van der Waals surface area contributed by atoms with Gasteiger partial charge in [-0.2, -0.15) is 0 Å². The van der Waals surface area contributed by atoms with Crippen molar-refractivity contribution in [2.24, 2.45) is 0 Å². The van der Waals surface area contributed by atoms with Gasteiger partial charge in [0.15, 0.2) is 12.2 Å². The zero-order valence-corrected chi connectivity index (χ0v) is 18.3. The van der Waals surface area contributed by atoms with Crippen LogP contribution in [0.1, 0.15) is 25.0 Å². The summed E-state index contributed by atoms with van der Waals surface area (Å²) < 4.78 is 0. The summed E-state index contributed by atoms with van der Waals surface area (Å²) in [6, 6.07) is 18.1. The van der Waals surface area contributed by atoms with Crippen molar-refractivity contribution < 1.29 is 30.0 Å². The van der Waals surface area contributed by atoms with Crippen molar-refractivity contribution >= 4 is 11.8 Å². The molecule has 2 aromatic rings. The average molecular weight is 445 g/mol. The lowest BCUT2D eigenvalue weighted by molar-refractivity contribution is -0.156. The van der Waals surface area contributed by atoms with E-state index in [4.69, 9.17) is 0 Å². The summed E-state index contributed by atoms with van der Waals surface area (Å²) in [7, 11) is 0. The van der Waals surface area contributed by atoms with Gasteiger partial charge in [0.25, 0.3) is 11.8 Å². The Hall–Kier alpha value is -2.78. The predicted molar refractivity (Wildman–Crippen MR) is 120 cm³/mol. The summed E-state index contributed by atoms with van der Waals surface area (Å²) in [6.45, 7) is 3.47. The molecule has 0 radical (unpaired) electrons. The normalized spacial score (nSPS) is 16.8. The number of nitrogens with one attached hydrogen (secondary N) is 2. The third kappa shape index (κ3) is 7.72. The van der Waals surface area contributed by atoms with Crippen molar-refractivity contribution in [2.75, 3.05) is 0 Å². The minimum atomic E-state index is -2.05. The molecule has 6 atom stereocenters. The van der Waals surface area contributed by atoms with Crippen LogP contribution in [-0.4, -0.2) is 68.7 Å². The SMILES string of the molecule is C[C@@H](Cc1ccccc1)NC(=O)C(O)C(O)[C@@H](O)[C@H](O)C(=O)N[C@@H](C)Cc1ccccc1. The fourth-order valence-corrected chi connectivity index (χ4v) is 3.38. The first-order chi connectivity index (χ1) is 15.2. The highest BCUT2D eigenvalue weighted by molar-refractivity contribution is 5.83. The molecule has 0 aliphatic rings.